The van der Waals surface area contributed by atoms with Crippen LogP contribution >= 0.6 is 0 Å². The number of aliphatic hydroxyl groups excluding tert-OH is 1. The number of benzene rings is 1. The van der Waals surface area contributed by atoms with Crippen molar-refractivity contribution in [3.8, 4) is 0 Å². The average Bonchev–Trinajstić information content (AvgIpc) is 3.42. The van der Waals surface area contributed by atoms with Crippen LogP contribution in [0.5, 0.6) is 0 Å². The van der Waals surface area contributed by atoms with Gasteiger partial charge in [0, 0.05) is 13.1 Å². The van der Waals surface area contributed by atoms with Crippen LogP contribution < -0.4 is 5.32 Å². The Morgan fingerprint density at radius 2 is 1.61 bits per heavy atom. The Kier molecular flexibility index (Phi) is 9.17. The van der Waals surface area contributed by atoms with Crippen LogP contribution in [0.25, 0.3) is 5.57 Å². The number of carbonyl (C=O) groups is 2. The second kappa shape index (κ2) is 12.4. The summed E-state index contributed by atoms with van der Waals surface area (Å²) in [5.41, 5.74) is 3.45. The second-order valence-electron chi connectivity index (χ2n) is 19.0. The maximum Gasteiger partial charge on any atom is 0.338 e. The van der Waals surface area contributed by atoms with Crippen molar-refractivity contribution in [1.29, 1.82) is 0 Å². The molecule has 0 radical (unpaired) electrons. The van der Waals surface area contributed by atoms with Gasteiger partial charge in [0.15, 0.2) is 0 Å². The third-order valence-corrected chi connectivity index (χ3v) is 15.4. The van der Waals surface area contributed by atoms with Gasteiger partial charge >= 0.3 is 11.9 Å². The molecule has 49 heavy (non-hydrogen) atoms. The minimum Gasteiger partial charge on any atom is -0.481 e. The molecule has 4 fully saturated rings. The van der Waals surface area contributed by atoms with Crippen LogP contribution in [-0.2, 0) is 9.53 Å². The largest absolute Gasteiger partial charge is 0.481 e. The van der Waals surface area contributed by atoms with Crippen molar-refractivity contribution in [1.82, 2.24) is 5.32 Å². The molecule has 0 aromatic heterocycles. The van der Waals surface area contributed by atoms with E-state index in [1.807, 2.05) is 32.9 Å². The zero-order valence-electron chi connectivity index (χ0n) is 31.6. The van der Waals surface area contributed by atoms with Gasteiger partial charge in [0.2, 0.25) is 0 Å². The van der Waals surface area contributed by atoms with Crippen LogP contribution in [0.15, 0.2) is 42.5 Å². The molecule has 0 heterocycles. The molecule has 3 N–H and O–H groups in total. The van der Waals surface area contributed by atoms with E-state index in [1.165, 1.54) is 24.0 Å². The summed E-state index contributed by atoms with van der Waals surface area (Å²) in [5.74, 6) is 0.918. The molecule has 9 unspecified atom stereocenters. The minimum atomic E-state index is -0.650. The molecule has 5 aliphatic rings. The molecule has 0 aliphatic heterocycles. The second-order valence-corrected chi connectivity index (χ2v) is 19.0. The predicted octanol–water partition coefficient (Wildman–Crippen LogP) is 8.94. The lowest BCUT2D eigenvalue weighted by atomic mass is 9.32. The van der Waals surface area contributed by atoms with Gasteiger partial charge < -0.3 is 20.3 Å². The van der Waals surface area contributed by atoms with Crippen molar-refractivity contribution in [3.63, 3.8) is 0 Å². The molecule has 5 aliphatic carbocycles. The number of fused-ring (bicyclic) bond motifs is 7. The van der Waals surface area contributed by atoms with E-state index in [4.69, 9.17) is 4.74 Å². The summed E-state index contributed by atoms with van der Waals surface area (Å²) in [6, 6.07) is 8.05. The van der Waals surface area contributed by atoms with E-state index < -0.39 is 17.0 Å². The smallest absolute Gasteiger partial charge is 0.338 e. The maximum atomic E-state index is 13.2. The zero-order valence-corrected chi connectivity index (χ0v) is 31.6. The van der Waals surface area contributed by atoms with E-state index in [-0.39, 0.29) is 46.1 Å². The molecule has 6 rings (SSSR count). The first-order chi connectivity index (χ1) is 22.9. The molecular formula is C43H63NO5. The monoisotopic (exact) mass is 673 g/mol. The van der Waals surface area contributed by atoms with E-state index in [1.54, 1.807) is 0 Å². The van der Waals surface area contributed by atoms with Crippen LogP contribution in [0.1, 0.15) is 129 Å². The Bertz CT molecular complexity index is 1500. The van der Waals surface area contributed by atoms with Crippen LogP contribution in [0, 0.1) is 56.7 Å². The van der Waals surface area contributed by atoms with Gasteiger partial charge in [0.25, 0.3) is 0 Å². The van der Waals surface area contributed by atoms with Gasteiger partial charge in [-0.05, 0) is 153 Å². The van der Waals surface area contributed by atoms with Gasteiger partial charge in [0.05, 0.1) is 17.6 Å². The Balaban J connectivity index is 1.30. The molecule has 6 nitrogen and oxygen atoms in total. The van der Waals surface area contributed by atoms with Gasteiger partial charge in [-0.1, -0.05) is 65.0 Å². The highest BCUT2D eigenvalue weighted by atomic mass is 16.6. The summed E-state index contributed by atoms with van der Waals surface area (Å²) < 4.78 is 5.62. The molecule has 0 amide bonds. The molecule has 9 atom stereocenters. The highest BCUT2D eigenvalue weighted by molar-refractivity contribution is 5.90. The summed E-state index contributed by atoms with van der Waals surface area (Å²) in [7, 11) is 0. The summed E-state index contributed by atoms with van der Waals surface area (Å²) >= 11 is 0. The fourth-order valence-corrected chi connectivity index (χ4v) is 13.1. The normalized spacial score (nSPS) is 39.4. The summed E-state index contributed by atoms with van der Waals surface area (Å²) in [5, 5.41) is 23.5. The first kappa shape index (κ1) is 36.4. The molecule has 6 heteroatoms. The fourth-order valence-electron chi connectivity index (χ4n) is 13.1. The van der Waals surface area contributed by atoms with Crippen LogP contribution in [0.3, 0.4) is 0 Å². The molecule has 0 spiro atoms. The quantitative estimate of drug-likeness (QED) is 0.145. The molecule has 0 bridgehead atoms. The van der Waals surface area contributed by atoms with Crippen LogP contribution in [0.2, 0.25) is 0 Å². The molecular weight excluding hydrogens is 610 g/mol. The first-order valence-electron chi connectivity index (χ1n) is 19.1. The summed E-state index contributed by atoms with van der Waals surface area (Å²) in [6.45, 7) is 24.1. The number of hydrogen-bond donors (Lipinski definition) is 3. The molecule has 1 aromatic rings. The Hall–Kier alpha value is -2.44. The third-order valence-electron chi connectivity index (χ3n) is 15.4. The number of allylic oxidation sites excluding steroid dienone is 2. The van der Waals surface area contributed by atoms with E-state index in [2.05, 4.69) is 64.7 Å². The third kappa shape index (κ3) is 5.57. The van der Waals surface area contributed by atoms with Gasteiger partial charge in [-0.25, -0.2) is 4.79 Å². The van der Waals surface area contributed by atoms with Crippen LogP contribution in [-0.4, -0.2) is 47.4 Å². The number of ether oxygens (including phenoxy) is 1. The predicted molar refractivity (Wildman–Crippen MR) is 196 cm³/mol. The van der Waals surface area contributed by atoms with Crippen molar-refractivity contribution in [3.05, 3.63) is 53.6 Å². The van der Waals surface area contributed by atoms with E-state index in [0.717, 1.165) is 50.5 Å². The van der Waals surface area contributed by atoms with Crippen molar-refractivity contribution >= 4 is 17.5 Å². The molecule has 0 saturated heterocycles. The number of rotatable bonds is 8. The highest BCUT2D eigenvalue weighted by Crippen LogP contribution is 2.77. The number of aliphatic carboxylic acids is 1. The Morgan fingerprint density at radius 1 is 0.918 bits per heavy atom. The number of hydrogen-bond acceptors (Lipinski definition) is 5. The van der Waals surface area contributed by atoms with Crippen LogP contribution in [0.4, 0.5) is 0 Å². The standard InChI is InChI=1S/C43H63NO5/c1-27(26-44-24-25-45)30-16-21-43(37(47)48)23-22-41(8)32(35(30)43)14-15-34-40(7)19-17-31(39(5,6)33(40)18-20-42(34,41)9)28-10-12-29(13-11-28)36(46)49-38(2,3)4/h10-13,17,30,32-35,44-45H,1,14-16,18-26H2,2-9H3,(H,47,48). The van der Waals surface area contributed by atoms with E-state index in [0.29, 0.717) is 36.4 Å². The van der Waals surface area contributed by atoms with Crippen molar-refractivity contribution in [2.75, 3.05) is 19.7 Å². The number of carboxylic acid groups (broad SMARTS) is 1. The minimum absolute atomic E-state index is 0.0274. The summed E-state index contributed by atoms with van der Waals surface area (Å²) in [4.78, 5) is 25.9. The zero-order chi connectivity index (χ0) is 35.8. The number of aliphatic hydroxyl groups is 1. The van der Waals surface area contributed by atoms with Crippen molar-refractivity contribution < 1.29 is 24.5 Å². The number of nitrogens with one attached hydrogen (secondary N) is 1. The molecule has 4 saturated carbocycles. The maximum absolute atomic E-state index is 13.2. The number of carboxylic acids is 1. The van der Waals surface area contributed by atoms with Gasteiger partial charge in [-0.2, -0.15) is 0 Å². The Morgan fingerprint density at radius 3 is 2.24 bits per heavy atom. The van der Waals surface area contributed by atoms with Crippen molar-refractivity contribution in [2.45, 2.75) is 119 Å². The lowest BCUT2D eigenvalue weighted by Crippen LogP contribution is -2.66. The lowest BCUT2D eigenvalue weighted by Gasteiger charge is -2.72. The van der Waals surface area contributed by atoms with Crippen molar-refractivity contribution in [2.24, 2.45) is 56.7 Å². The Labute approximate surface area is 295 Å². The summed E-state index contributed by atoms with van der Waals surface area (Å²) in [6.07, 6.45) is 11.6. The van der Waals surface area contributed by atoms with E-state index >= 15 is 0 Å². The van der Waals surface area contributed by atoms with Gasteiger partial charge in [0.1, 0.15) is 5.60 Å². The number of carbonyl (C=O) groups excluding carboxylic acids is 1. The SMILES string of the molecule is C=C(CNCCO)C1CCC2(C(=O)O)CCC3(C)C(CCC4C5(C)CC=C(c6ccc(C(=O)OC(C)(C)C)cc6)C(C)(C)C5CCC43C)C12. The average molecular weight is 674 g/mol. The van der Waals surface area contributed by atoms with Gasteiger partial charge in [-0.15, -0.1) is 0 Å². The molecule has 1 aromatic carbocycles. The highest BCUT2D eigenvalue weighted by Gasteiger charge is 2.71. The van der Waals surface area contributed by atoms with Gasteiger partial charge in [-0.3, -0.25) is 4.79 Å². The van der Waals surface area contributed by atoms with E-state index in [9.17, 15) is 19.8 Å². The topological polar surface area (TPSA) is 95.9 Å². The number of esters is 1. The first-order valence-corrected chi connectivity index (χ1v) is 19.1. The lowest BCUT2D eigenvalue weighted by molar-refractivity contribution is -0.227. The fraction of sp³-hybridized carbons (Fsp3) is 0.721. The molecule has 270 valence electrons.